The van der Waals surface area contributed by atoms with Crippen molar-refractivity contribution in [2.75, 3.05) is 24.5 Å². The van der Waals surface area contributed by atoms with Crippen molar-refractivity contribution in [3.05, 3.63) is 131 Å². The molecule has 46 heavy (non-hydrogen) atoms. The molecule has 240 valence electrons. The Kier molecular flexibility index (Phi) is 10.5. The van der Waals surface area contributed by atoms with E-state index in [2.05, 4.69) is 4.72 Å². The summed E-state index contributed by atoms with van der Waals surface area (Å²) in [5, 5.41) is 0. The zero-order valence-electron chi connectivity index (χ0n) is 26.2. The summed E-state index contributed by atoms with van der Waals surface area (Å²) in [6.07, 6.45) is -0.563. The number of carbonyl (C=O) groups is 2. The number of nitrogens with zero attached hydrogens (tertiary/aromatic N) is 2. The molecule has 0 spiro atoms. The summed E-state index contributed by atoms with van der Waals surface area (Å²) in [6.45, 7) is 5.89. The van der Waals surface area contributed by atoms with E-state index < -0.39 is 40.2 Å². The Morgan fingerprint density at radius 2 is 1.33 bits per heavy atom. The number of ether oxygens (including phenoxy) is 2. The molecule has 3 atom stereocenters. The largest absolute Gasteiger partial charge is 0.465 e. The maximum absolute atomic E-state index is 14.0. The van der Waals surface area contributed by atoms with Crippen LogP contribution < -0.4 is 4.72 Å². The van der Waals surface area contributed by atoms with Crippen molar-refractivity contribution in [2.24, 2.45) is 0 Å². The van der Waals surface area contributed by atoms with Crippen molar-refractivity contribution in [3.63, 3.8) is 0 Å². The van der Waals surface area contributed by atoms with Crippen molar-refractivity contribution in [1.82, 2.24) is 9.80 Å². The molecule has 1 heterocycles. The van der Waals surface area contributed by atoms with Gasteiger partial charge in [-0.25, -0.2) is 8.42 Å². The second-order valence-electron chi connectivity index (χ2n) is 11.1. The summed E-state index contributed by atoms with van der Waals surface area (Å²) >= 11 is 0. The number of carbonyl (C=O) groups excluding carboxylic acids is 2. The van der Waals surface area contributed by atoms with Gasteiger partial charge in [-0.2, -0.15) is 0 Å². The fraction of sp³-hybridized carbons (Fsp3) is 0.278. The van der Waals surface area contributed by atoms with E-state index in [0.717, 1.165) is 16.7 Å². The summed E-state index contributed by atoms with van der Waals surface area (Å²) in [4.78, 5) is 31.2. The van der Waals surface area contributed by atoms with E-state index in [1.165, 1.54) is 0 Å². The van der Waals surface area contributed by atoms with Crippen LogP contribution in [0.3, 0.4) is 0 Å². The van der Waals surface area contributed by atoms with Crippen LogP contribution in [0.15, 0.2) is 114 Å². The number of esters is 2. The third kappa shape index (κ3) is 7.31. The average molecular weight is 642 g/mol. The molecule has 1 aliphatic heterocycles. The van der Waals surface area contributed by atoms with E-state index in [9.17, 15) is 18.0 Å². The number of hydrogen-bond donors (Lipinski definition) is 1. The van der Waals surface area contributed by atoms with Crippen LogP contribution in [0.25, 0.3) is 0 Å². The molecule has 10 heteroatoms. The Hall–Kier alpha value is -4.51. The van der Waals surface area contributed by atoms with Gasteiger partial charge in [-0.3, -0.25) is 24.1 Å². The molecular weight excluding hydrogens is 602 g/mol. The molecule has 5 rings (SSSR count). The van der Waals surface area contributed by atoms with Gasteiger partial charge in [0, 0.05) is 6.54 Å². The second kappa shape index (κ2) is 14.7. The first-order valence-corrected chi connectivity index (χ1v) is 16.8. The van der Waals surface area contributed by atoms with Crippen molar-refractivity contribution >= 4 is 27.6 Å². The molecule has 0 amide bonds. The van der Waals surface area contributed by atoms with Crippen molar-refractivity contribution < 1.29 is 27.5 Å². The highest BCUT2D eigenvalue weighted by atomic mass is 32.2. The lowest BCUT2D eigenvalue weighted by Gasteiger charge is -2.32. The van der Waals surface area contributed by atoms with Crippen LogP contribution in [-0.2, 0) is 35.6 Å². The average Bonchev–Trinajstić information content (AvgIpc) is 3.36. The number of benzene rings is 4. The highest BCUT2D eigenvalue weighted by Crippen LogP contribution is 2.47. The smallest absolute Gasteiger partial charge is 0.325 e. The lowest BCUT2D eigenvalue weighted by molar-refractivity contribution is -0.150. The third-order valence-corrected chi connectivity index (χ3v) is 9.35. The summed E-state index contributed by atoms with van der Waals surface area (Å²) in [7, 11) is -3.91. The minimum atomic E-state index is -3.91. The van der Waals surface area contributed by atoms with Gasteiger partial charge >= 0.3 is 11.9 Å². The molecule has 0 saturated carbocycles. The SMILES string of the molecule is CCOC(=O)CN1[C@H](c2ccccc2)N(Cc2ccccc2NS(=O)(=O)c2ccc(C)cc2)[C@H](C(=O)OCC)[C@@H]1c1ccccc1. The van der Waals surface area contributed by atoms with Crippen LogP contribution in [0.2, 0.25) is 0 Å². The van der Waals surface area contributed by atoms with Crippen molar-refractivity contribution in [2.45, 2.75) is 50.5 Å². The normalized spacial score (nSPS) is 18.6. The molecule has 0 unspecified atom stereocenters. The standard InChI is InChI=1S/C36H39N3O6S/c1-4-44-32(40)25-39-33(27-14-8-6-9-15-27)34(36(41)45-5-2)38(35(39)28-16-10-7-11-17-28)24-29-18-12-13-19-31(29)37-46(42,43)30-22-20-26(3)21-23-30/h6-23,33-35,37H,4-5,24-25H2,1-3H3/t33-,34-,35+/m0/s1. The Balaban J connectivity index is 1.63. The number of rotatable bonds is 12. The Morgan fingerprint density at radius 1 is 0.739 bits per heavy atom. The molecular formula is C36H39N3O6S. The van der Waals surface area contributed by atoms with Crippen LogP contribution in [0.5, 0.6) is 0 Å². The first kappa shape index (κ1) is 32.9. The fourth-order valence-corrected chi connectivity index (χ4v) is 7.08. The number of sulfonamides is 1. The Labute approximate surface area is 270 Å². The maximum atomic E-state index is 14.0. The van der Waals surface area contributed by atoms with Crippen LogP contribution in [0.1, 0.15) is 48.3 Å². The first-order valence-electron chi connectivity index (χ1n) is 15.3. The molecule has 0 bridgehead atoms. The molecule has 9 nitrogen and oxygen atoms in total. The van der Waals surface area contributed by atoms with Crippen LogP contribution in [0, 0.1) is 6.92 Å². The van der Waals surface area contributed by atoms with E-state index in [1.54, 1.807) is 50.2 Å². The zero-order valence-corrected chi connectivity index (χ0v) is 27.0. The van der Waals surface area contributed by atoms with Gasteiger partial charge in [0.2, 0.25) is 0 Å². The minimum absolute atomic E-state index is 0.0823. The number of nitrogens with one attached hydrogen (secondary N) is 1. The zero-order chi connectivity index (χ0) is 32.7. The minimum Gasteiger partial charge on any atom is -0.465 e. The second-order valence-corrected chi connectivity index (χ2v) is 12.7. The molecule has 1 fully saturated rings. The van der Waals surface area contributed by atoms with Crippen LogP contribution in [-0.4, -0.2) is 56.0 Å². The van der Waals surface area contributed by atoms with Gasteiger partial charge in [0.1, 0.15) is 6.04 Å². The number of aryl methyl sites for hydroxylation is 1. The first-order chi connectivity index (χ1) is 22.2. The lowest BCUT2D eigenvalue weighted by Crippen LogP contribution is -2.41. The number of para-hydroxylation sites is 1. The number of anilines is 1. The van der Waals surface area contributed by atoms with Crippen LogP contribution >= 0.6 is 0 Å². The van der Waals surface area contributed by atoms with Gasteiger partial charge in [-0.1, -0.05) is 96.6 Å². The highest BCUT2D eigenvalue weighted by Gasteiger charge is 2.53. The summed E-state index contributed by atoms with van der Waals surface area (Å²) in [5.74, 6) is -0.860. The molecule has 1 N–H and O–H groups in total. The number of hydrogen-bond acceptors (Lipinski definition) is 8. The van der Waals surface area contributed by atoms with Gasteiger partial charge < -0.3 is 9.47 Å². The van der Waals surface area contributed by atoms with Gasteiger partial charge in [0.25, 0.3) is 10.0 Å². The fourth-order valence-electron chi connectivity index (χ4n) is 5.98. The Morgan fingerprint density at radius 3 is 1.96 bits per heavy atom. The molecule has 4 aromatic carbocycles. The van der Waals surface area contributed by atoms with E-state index in [0.29, 0.717) is 11.3 Å². The Bertz CT molecular complexity index is 1730. The predicted molar refractivity (Wildman–Crippen MR) is 176 cm³/mol. The molecule has 0 aromatic heterocycles. The summed E-state index contributed by atoms with van der Waals surface area (Å²) in [5.41, 5.74) is 3.68. The highest BCUT2D eigenvalue weighted by molar-refractivity contribution is 7.92. The molecule has 0 radical (unpaired) electrons. The van der Waals surface area contributed by atoms with E-state index in [4.69, 9.17) is 9.47 Å². The van der Waals surface area contributed by atoms with E-state index in [-0.39, 0.29) is 31.2 Å². The van der Waals surface area contributed by atoms with Gasteiger partial charge in [0.15, 0.2) is 0 Å². The van der Waals surface area contributed by atoms with Crippen molar-refractivity contribution in [1.29, 1.82) is 0 Å². The monoisotopic (exact) mass is 641 g/mol. The quantitative estimate of drug-likeness (QED) is 0.192. The molecule has 1 aliphatic rings. The lowest BCUT2D eigenvalue weighted by atomic mass is 9.98. The molecule has 4 aromatic rings. The van der Waals surface area contributed by atoms with E-state index >= 15 is 0 Å². The maximum Gasteiger partial charge on any atom is 0.325 e. The van der Waals surface area contributed by atoms with Gasteiger partial charge in [0.05, 0.1) is 42.5 Å². The molecule has 1 saturated heterocycles. The summed E-state index contributed by atoms with van der Waals surface area (Å²) in [6, 6.07) is 31.6. The van der Waals surface area contributed by atoms with E-state index in [1.807, 2.05) is 89.5 Å². The summed E-state index contributed by atoms with van der Waals surface area (Å²) < 4.78 is 40.8. The van der Waals surface area contributed by atoms with Gasteiger partial charge in [-0.05, 0) is 55.7 Å². The van der Waals surface area contributed by atoms with Gasteiger partial charge in [-0.15, -0.1) is 0 Å². The topological polar surface area (TPSA) is 105 Å². The molecule has 0 aliphatic carbocycles. The van der Waals surface area contributed by atoms with Crippen molar-refractivity contribution in [3.8, 4) is 0 Å². The predicted octanol–water partition coefficient (Wildman–Crippen LogP) is 5.85. The van der Waals surface area contributed by atoms with Crippen LogP contribution in [0.4, 0.5) is 5.69 Å². The third-order valence-electron chi connectivity index (χ3n) is 7.97.